The van der Waals surface area contributed by atoms with E-state index in [9.17, 15) is 24.8 Å². The Bertz CT molecular complexity index is 1050. The Labute approximate surface area is 182 Å². The Kier molecular flexibility index (Phi) is 5.46. The predicted molar refractivity (Wildman–Crippen MR) is 112 cm³/mol. The number of carbonyl (C=O) groups excluding carboxylic acids is 2. The maximum Gasteiger partial charge on any atom is 0.282 e. The number of halogens is 1. The van der Waals surface area contributed by atoms with E-state index < -0.39 is 22.3 Å². The van der Waals surface area contributed by atoms with Crippen LogP contribution in [0.2, 0.25) is 0 Å². The summed E-state index contributed by atoms with van der Waals surface area (Å²) in [4.78, 5) is 35.1. The second kappa shape index (κ2) is 7.92. The van der Waals surface area contributed by atoms with E-state index in [1.165, 1.54) is 24.8 Å². The minimum absolute atomic E-state index is 0.00455. The maximum absolute atomic E-state index is 11.9. The topological polar surface area (TPSA) is 112 Å². The van der Waals surface area contributed by atoms with Gasteiger partial charge in [0.05, 0.1) is 27.2 Å². The van der Waals surface area contributed by atoms with Crippen LogP contribution in [0.1, 0.15) is 35.2 Å². The van der Waals surface area contributed by atoms with Crippen LogP contribution in [0.15, 0.2) is 47.4 Å². The molecule has 2 aromatic carbocycles. The van der Waals surface area contributed by atoms with E-state index >= 15 is 0 Å². The van der Waals surface area contributed by atoms with Crippen LogP contribution < -0.4 is 10.4 Å². The average molecular weight is 446 g/mol. The molecule has 2 aliphatic rings. The Morgan fingerprint density at radius 3 is 2.63 bits per heavy atom. The molecule has 0 spiro atoms. The number of carboxylic acid groups (broad SMARTS) is 1. The standard InChI is InChI=1S/C21H19ClN2O5S/c1-10(25)11-6-7-14-12(8-11)18-13(20(23-14)21(26)27)9-17(19(18)22)30-16-5-3-2-4-15(16)24(28)29/h2-8,13,17-20,23H,9H2,1H3,(H,26,27)/p-1/t13-,17-,18+,19-,20+/m0/s1. The van der Waals surface area contributed by atoms with Gasteiger partial charge in [0.2, 0.25) is 0 Å². The number of nitro groups is 1. The highest BCUT2D eigenvalue weighted by molar-refractivity contribution is 8.00. The van der Waals surface area contributed by atoms with Crippen LogP contribution in [0.5, 0.6) is 0 Å². The number of nitrogens with zero attached hydrogens (tertiary/aromatic N) is 1. The molecule has 1 heterocycles. The molecule has 0 bridgehead atoms. The first kappa shape index (κ1) is 20.7. The highest BCUT2D eigenvalue weighted by Crippen LogP contribution is 2.55. The number of thioether (sulfide) groups is 1. The molecule has 1 fully saturated rings. The van der Waals surface area contributed by atoms with Crippen molar-refractivity contribution in [3.63, 3.8) is 0 Å². The minimum Gasteiger partial charge on any atom is -0.548 e. The van der Waals surface area contributed by atoms with Crippen molar-refractivity contribution in [1.29, 1.82) is 0 Å². The zero-order valence-corrected chi connectivity index (χ0v) is 17.5. The molecule has 1 saturated carbocycles. The molecule has 1 aliphatic heterocycles. The Hall–Kier alpha value is -2.58. The van der Waals surface area contributed by atoms with Crippen molar-refractivity contribution >= 4 is 46.5 Å². The van der Waals surface area contributed by atoms with Crippen molar-refractivity contribution in [2.45, 2.75) is 40.8 Å². The van der Waals surface area contributed by atoms with E-state index in [2.05, 4.69) is 5.32 Å². The molecular weight excluding hydrogens is 428 g/mol. The van der Waals surface area contributed by atoms with E-state index in [0.29, 0.717) is 22.6 Å². The quantitative estimate of drug-likeness (QED) is 0.325. The van der Waals surface area contributed by atoms with Gasteiger partial charge >= 0.3 is 0 Å². The lowest BCUT2D eigenvalue weighted by molar-refractivity contribution is -0.387. The van der Waals surface area contributed by atoms with Crippen molar-refractivity contribution in [2.75, 3.05) is 5.32 Å². The SMILES string of the molecule is CC(=O)c1ccc2c(c1)[C@H]1[C@@H](Cl)[C@@H](Sc3ccccc3[N+](=O)[O-])C[C@@H]1[C@H](C(=O)[O-])N2. The largest absolute Gasteiger partial charge is 0.548 e. The van der Waals surface area contributed by atoms with Gasteiger partial charge in [-0.2, -0.15) is 0 Å². The number of hydrogen-bond acceptors (Lipinski definition) is 7. The summed E-state index contributed by atoms with van der Waals surface area (Å²) in [6, 6.07) is 10.6. The molecule has 0 saturated heterocycles. The number of hydrogen-bond donors (Lipinski definition) is 1. The molecule has 0 radical (unpaired) electrons. The van der Waals surface area contributed by atoms with Gasteiger partial charge in [-0.3, -0.25) is 14.9 Å². The molecule has 1 N–H and O–H groups in total. The van der Waals surface area contributed by atoms with Crippen LogP contribution in [-0.2, 0) is 4.79 Å². The molecule has 5 atom stereocenters. The lowest BCUT2D eigenvalue weighted by Crippen LogP contribution is -2.49. The Morgan fingerprint density at radius 1 is 1.23 bits per heavy atom. The lowest BCUT2D eigenvalue weighted by atomic mass is 9.79. The molecule has 9 heteroatoms. The first-order valence-corrected chi connectivity index (χ1v) is 10.8. The number of anilines is 1. The molecule has 156 valence electrons. The number of alkyl halides is 1. The van der Waals surface area contributed by atoms with Crippen molar-refractivity contribution < 1.29 is 19.6 Å². The molecule has 0 aromatic heterocycles. The second-order valence-electron chi connectivity index (χ2n) is 7.55. The fourth-order valence-corrected chi connectivity index (χ4v) is 6.38. The van der Waals surface area contributed by atoms with Crippen LogP contribution >= 0.6 is 23.4 Å². The monoisotopic (exact) mass is 445 g/mol. The molecular formula is C21H18ClN2O5S-. The number of aliphatic carboxylic acids is 1. The van der Waals surface area contributed by atoms with Crippen molar-refractivity contribution in [3.8, 4) is 0 Å². The maximum atomic E-state index is 11.9. The number of Topliss-reactive ketones (excluding diaryl/α,β-unsaturated/α-hetero) is 1. The summed E-state index contributed by atoms with van der Waals surface area (Å²) in [7, 11) is 0. The number of nitro benzene ring substituents is 1. The summed E-state index contributed by atoms with van der Waals surface area (Å²) in [5.74, 6) is -1.98. The molecule has 4 rings (SSSR count). The zero-order chi connectivity index (χ0) is 21.6. The van der Waals surface area contributed by atoms with Gasteiger partial charge in [0.15, 0.2) is 5.78 Å². The summed E-state index contributed by atoms with van der Waals surface area (Å²) in [6.45, 7) is 1.47. The summed E-state index contributed by atoms with van der Waals surface area (Å²) in [5.41, 5.74) is 1.95. The number of ketones is 1. The number of para-hydroxylation sites is 1. The van der Waals surface area contributed by atoms with E-state index in [1.807, 2.05) is 0 Å². The third-order valence-corrected chi connectivity index (χ3v) is 7.93. The normalized spacial score (nSPS) is 26.9. The average Bonchev–Trinajstić information content (AvgIpc) is 3.03. The zero-order valence-electron chi connectivity index (χ0n) is 15.9. The fourth-order valence-electron chi connectivity index (χ4n) is 4.44. The summed E-state index contributed by atoms with van der Waals surface area (Å²) < 4.78 is 0. The molecule has 1 aliphatic carbocycles. The van der Waals surface area contributed by atoms with Crippen LogP contribution in [0, 0.1) is 16.0 Å². The fraction of sp³-hybridized carbons (Fsp3) is 0.333. The Balaban J connectivity index is 1.72. The smallest absolute Gasteiger partial charge is 0.282 e. The van der Waals surface area contributed by atoms with Crippen molar-refractivity contribution in [1.82, 2.24) is 0 Å². The van der Waals surface area contributed by atoms with Gasteiger partial charge in [0, 0.05) is 28.5 Å². The number of benzene rings is 2. The van der Waals surface area contributed by atoms with Gasteiger partial charge in [-0.05, 0) is 49.1 Å². The van der Waals surface area contributed by atoms with Gasteiger partial charge in [0.1, 0.15) is 0 Å². The highest BCUT2D eigenvalue weighted by Gasteiger charge is 2.50. The number of fused-ring (bicyclic) bond motifs is 3. The van der Waals surface area contributed by atoms with Crippen molar-refractivity contribution in [3.05, 3.63) is 63.7 Å². The van der Waals surface area contributed by atoms with E-state index in [1.54, 1.807) is 36.4 Å². The summed E-state index contributed by atoms with van der Waals surface area (Å²) in [6.07, 6.45) is 0.449. The van der Waals surface area contributed by atoms with E-state index in [0.717, 1.165) is 5.56 Å². The third kappa shape index (κ3) is 3.54. The van der Waals surface area contributed by atoms with Crippen LogP contribution in [-0.4, -0.2) is 33.3 Å². The second-order valence-corrected chi connectivity index (χ2v) is 9.34. The van der Waals surface area contributed by atoms with Crippen LogP contribution in [0.25, 0.3) is 0 Å². The minimum atomic E-state index is -1.22. The number of carboxylic acids is 1. The number of rotatable bonds is 5. The predicted octanol–water partition coefficient (Wildman–Crippen LogP) is 3.21. The molecule has 0 unspecified atom stereocenters. The van der Waals surface area contributed by atoms with Gasteiger partial charge in [0.25, 0.3) is 5.69 Å². The first-order valence-electron chi connectivity index (χ1n) is 9.44. The molecule has 0 amide bonds. The van der Waals surface area contributed by atoms with Crippen LogP contribution in [0.3, 0.4) is 0 Å². The third-order valence-electron chi connectivity index (χ3n) is 5.81. The van der Waals surface area contributed by atoms with E-state index in [4.69, 9.17) is 11.6 Å². The first-order chi connectivity index (χ1) is 14.3. The van der Waals surface area contributed by atoms with Gasteiger partial charge in [-0.15, -0.1) is 23.4 Å². The lowest BCUT2D eigenvalue weighted by Gasteiger charge is -2.38. The molecule has 2 aromatic rings. The highest BCUT2D eigenvalue weighted by atomic mass is 35.5. The molecule has 7 nitrogen and oxygen atoms in total. The van der Waals surface area contributed by atoms with Gasteiger partial charge < -0.3 is 15.2 Å². The van der Waals surface area contributed by atoms with Crippen molar-refractivity contribution in [2.24, 2.45) is 5.92 Å². The number of nitrogens with one attached hydrogen (secondary N) is 1. The van der Waals surface area contributed by atoms with Gasteiger partial charge in [-0.25, -0.2) is 0 Å². The van der Waals surface area contributed by atoms with Gasteiger partial charge in [-0.1, -0.05) is 12.1 Å². The Morgan fingerprint density at radius 2 is 1.97 bits per heavy atom. The summed E-state index contributed by atoms with van der Waals surface area (Å²) in [5, 5.41) is 25.5. The molecule has 30 heavy (non-hydrogen) atoms. The van der Waals surface area contributed by atoms with E-state index in [-0.39, 0.29) is 28.6 Å². The van der Waals surface area contributed by atoms with Crippen LogP contribution in [0.4, 0.5) is 11.4 Å². The number of carbonyl (C=O) groups is 2. The summed E-state index contributed by atoms with van der Waals surface area (Å²) >= 11 is 8.14.